The first-order valence-corrected chi connectivity index (χ1v) is 7.15. The Balaban J connectivity index is 2.05. The van der Waals surface area contributed by atoms with Crippen molar-refractivity contribution < 1.29 is 14.3 Å². The predicted molar refractivity (Wildman–Crippen MR) is 79.7 cm³/mol. The van der Waals surface area contributed by atoms with Crippen LogP contribution in [0.15, 0.2) is 29.3 Å². The van der Waals surface area contributed by atoms with Crippen molar-refractivity contribution in [3.63, 3.8) is 0 Å². The van der Waals surface area contributed by atoms with Crippen LogP contribution in [0.4, 0.5) is 0 Å². The Morgan fingerprint density at radius 2 is 2.05 bits per heavy atom. The van der Waals surface area contributed by atoms with Crippen molar-refractivity contribution in [3.8, 4) is 11.5 Å². The summed E-state index contributed by atoms with van der Waals surface area (Å²) in [5.41, 5.74) is 2.64. The monoisotopic (exact) mass is 286 g/mol. The van der Waals surface area contributed by atoms with Crippen molar-refractivity contribution in [2.45, 2.75) is 13.8 Å². The van der Waals surface area contributed by atoms with E-state index in [1.165, 1.54) is 0 Å². The first-order valence-electron chi connectivity index (χ1n) is 6.27. The van der Waals surface area contributed by atoms with Gasteiger partial charge in [-0.3, -0.25) is 4.79 Å². The van der Waals surface area contributed by atoms with E-state index in [4.69, 9.17) is 9.47 Å². The summed E-state index contributed by atoms with van der Waals surface area (Å²) in [4.78, 5) is 13.5. The van der Waals surface area contributed by atoms with Crippen molar-refractivity contribution in [2.24, 2.45) is 0 Å². The number of ether oxygens (including phenoxy) is 2. The minimum atomic E-state index is -0.0621. The Labute approximate surface area is 121 Å². The van der Waals surface area contributed by atoms with Crippen molar-refractivity contribution >= 4 is 23.2 Å². The maximum Gasteiger partial charge on any atom is 0.232 e. The highest BCUT2D eigenvalue weighted by Crippen LogP contribution is 2.37. The average molecular weight is 286 g/mol. The average Bonchev–Trinajstić information content (AvgIpc) is 2.95. The number of thiophene rings is 1. The van der Waals surface area contributed by atoms with Crippen LogP contribution < -0.4 is 9.47 Å². The third kappa shape index (κ3) is 2.02. The van der Waals surface area contributed by atoms with Gasteiger partial charge < -0.3 is 9.47 Å². The van der Waals surface area contributed by atoms with Crippen LogP contribution in [-0.2, 0) is 0 Å². The molecule has 1 aliphatic rings. The second kappa shape index (κ2) is 4.80. The van der Waals surface area contributed by atoms with Crippen LogP contribution in [0.25, 0.3) is 6.08 Å². The Hall–Kier alpha value is -2.07. The van der Waals surface area contributed by atoms with Crippen molar-refractivity contribution in [3.05, 3.63) is 50.9 Å². The SMILES string of the molecule is COc1cc(C)c2c(c1)O/C(=C\c1sccc1C)C2=O. The summed E-state index contributed by atoms with van der Waals surface area (Å²) in [6, 6.07) is 5.62. The van der Waals surface area contributed by atoms with Gasteiger partial charge in [0.2, 0.25) is 5.78 Å². The zero-order valence-corrected chi connectivity index (χ0v) is 12.3. The molecule has 0 N–H and O–H groups in total. The number of hydrogen-bond donors (Lipinski definition) is 0. The Morgan fingerprint density at radius 1 is 1.25 bits per heavy atom. The molecular formula is C16H14O3S. The van der Waals surface area contributed by atoms with Crippen LogP contribution in [0.2, 0.25) is 0 Å². The topological polar surface area (TPSA) is 35.5 Å². The fraction of sp³-hybridized carbons (Fsp3) is 0.188. The Kier molecular flexibility index (Phi) is 3.10. The van der Waals surface area contributed by atoms with Crippen molar-refractivity contribution in [1.29, 1.82) is 0 Å². The minimum Gasteiger partial charge on any atom is -0.497 e. The molecule has 0 unspecified atom stereocenters. The molecule has 1 aromatic carbocycles. The molecule has 102 valence electrons. The fourth-order valence-electron chi connectivity index (χ4n) is 2.25. The van der Waals surface area contributed by atoms with Crippen molar-refractivity contribution in [1.82, 2.24) is 0 Å². The molecule has 2 heterocycles. The van der Waals surface area contributed by atoms with Crippen LogP contribution in [0.5, 0.6) is 11.5 Å². The third-order valence-corrected chi connectivity index (χ3v) is 4.31. The third-order valence-electron chi connectivity index (χ3n) is 3.34. The number of fused-ring (bicyclic) bond motifs is 1. The van der Waals surface area contributed by atoms with Crippen molar-refractivity contribution in [2.75, 3.05) is 7.11 Å². The lowest BCUT2D eigenvalue weighted by Gasteiger charge is -2.04. The van der Waals surface area contributed by atoms with Gasteiger partial charge in [0, 0.05) is 17.0 Å². The molecule has 0 saturated heterocycles. The highest BCUT2D eigenvalue weighted by Gasteiger charge is 2.30. The van der Waals surface area contributed by atoms with Gasteiger partial charge in [-0.25, -0.2) is 0 Å². The lowest BCUT2D eigenvalue weighted by atomic mass is 10.0. The Bertz CT molecular complexity index is 725. The van der Waals surface area contributed by atoms with E-state index in [1.54, 1.807) is 24.5 Å². The largest absolute Gasteiger partial charge is 0.497 e. The summed E-state index contributed by atoms with van der Waals surface area (Å²) in [7, 11) is 1.60. The van der Waals surface area contributed by atoms with E-state index in [-0.39, 0.29) is 5.78 Å². The standard InChI is InChI=1S/C16H14O3S/c1-9-4-5-20-14(9)8-13-16(17)15-10(2)6-11(18-3)7-12(15)19-13/h4-8H,1-3H3/b13-8-. The first-order chi connectivity index (χ1) is 9.60. The summed E-state index contributed by atoms with van der Waals surface area (Å²) < 4.78 is 10.9. The van der Waals surface area contributed by atoms with Gasteiger partial charge in [-0.1, -0.05) is 0 Å². The van der Waals surface area contributed by atoms with Crippen LogP contribution in [0.1, 0.15) is 26.4 Å². The van der Waals surface area contributed by atoms with E-state index in [2.05, 4.69) is 0 Å². The molecule has 0 aliphatic carbocycles. The quantitative estimate of drug-likeness (QED) is 0.783. The van der Waals surface area contributed by atoms with Gasteiger partial charge in [0.25, 0.3) is 0 Å². The highest BCUT2D eigenvalue weighted by molar-refractivity contribution is 7.11. The molecule has 0 fully saturated rings. The van der Waals surface area contributed by atoms with E-state index in [1.807, 2.05) is 37.4 Å². The maximum absolute atomic E-state index is 12.4. The number of carbonyl (C=O) groups is 1. The molecule has 1 aliphatic heterocycles. The van der Waals surface area contributed by atoms with Gasteiger partial charge in [-0.15, -0.1) is 11.3 Å². The lowest BCUT2D eigenvalue weighted by molar-refractivity contribution is 0.101. The second-order valence-corrected chi connectivity index (χ2v) is 5.67. The van der Waals surface area contributed by atoms with E-state index >= 15 is 0 Å². The van der Waals surface area contributed by atoms with Gasteiger partial charge in [0.15, 0.2) is 5.76 Å². The van der Waals surface area contributed by atoms with Gasteiger partial charge in [-0.05, 0) is 42.5 Å². The molecule has 0 amide bonds. The normalized spacial score (nSPS) is 15.3. The van der Waals surface area contributed by atoms with Gasteiger partial charge >= 0.3 is 0 Å². The fourth-order valence-corrected chi connectivity index (χ4v) is 3.09. The van der Waals surface area contributed by atoms with Crippen LogP contribution in [0, 0.1) is 13.8 Å². The molecule has 1 aromatic heterocycles. The smallest absolute Gasteiger partial charge is 0.232 e. The lowest BCUT2D eigenvalue weighted by Crippen LogP contribution is -1.99. The zero-order chi connectivity index (χ0) is 14.3. The van der Waals surface area contributed by atoms with E-state index in [0.717, 1.165) is 16.0 Å². The molecule has 0 atom stereocenters. The number of hydrogen-bond acceptors (Lipinski definition) is 4. The van der Waals surface area contributed by atoms with Gasteiger partial charge in [0.1, 0.15) is 11.5 Å². The summed E-state index contributed by atoms with van der Waals surface area (Å²) in [5.74, 6) is 1.59. The molecule has 2 aromatic rings. The number of ketones is 1. The molecule has 0 bridgehead atoms. The molecule has 0 saturated carbocycles. The van der Waals surface area contributed by atoms with Gasteiger partial charge in [-0.2, -0.15) is 0 Å². The Morgan fingerprint density at radius 3 is 2.70 bits per heavy atom. The van der Waals surface area contributed by atoms with E-state index < -0.39 is 0 Å². The summed E-state index contributed by atoms with van der Waals surface area (Å²) in [5, 5.41) is 2.00. The number of Topliss-reactive ketones (excluding diaryl/α,β-unsaturated/α-hetero) is 1. The number of benzene rings is 1. The van der Waals surface area contributed by atoms with Crippen LogP contribution in [0.3, 0.4) is 0 Å². The van der Waals surface area contributed by atoms with Crippen LogP contribution >= 0.6 is 11.3 Å². The number of allylic oxidation sites excluding steroid dienone is 1. The first kappa shape index (κ1) is 12.9. The maximum atomic E-state index is 12.4. The molecule has 20 heavy (non-hydrogen) atoms. The van der Waals surface area contributed by atoms with E-state index in [9.17, 15) is 4.79 Å². The molecule has 4 heteroatoms. The number of rotatable bonds is 2. The summed E-state index contributed by atoms with van der Waals surface area (Å²) >= 11 is 1.60. The molecule has 3 nitrogen and oxygen atoms in total. The molecular weight excluding hydrogens is 272 g/mol. The highest BCUT2D eigenvalue weighted by atomic mass is 32.1. The van der Waals surface area contributed by atoms with Crippen LogP contribution in [-0.4, -0.2) is 12.9 Å². The number of methoxy groups -OCH3 is 1. The summed E-state index contributed by atoms with van der Waals surface area (Å²) in [6.07, 6.45) is 1.81. The molecule has 0 radical (unpaired) electrons. The van der Waals surface area contributed by atoms with E-state index in [0.29, 0.717) is 22.8 Å². The van der Waals surface area contributed by atoms with Gasteiger partial charge in [0.05, 0.1) is 12.7 Å². The number of carbonyl (C=O) groups excluding carboxylic acids is 1. The molecule has 0 spiro atoms. The minimum absolute atomic E-state index is 0.0621. The predicted octanol–water partition coefficient (Wildman–Crippen LogP) is 3.99. The molecule has 3 rings (SSSR count). The zero-order valence-electron chi connectivity index (χ0n) is 11.5. The second-order valence-electron chi connectivity index (χ2n) is 4.73. The number of aryl methyl sites for hydroxylation is 2. The summed E-state index contributed by atoms with van der Waals surface area (Å²) in [6.45, 7) is 3.91.